The van der Waals surface area contributed by atoms with E-state index in [1.165, 1.54) is 17.8 Å². The van der Waals surface area contributed by atoms with Crippen molar-refractivity contribution in [3.05, 3.63) is 64.1 Å². The van der Waals surface area contributed by atoms with Crippen LogP contribution in [0.2, 0.25) is 0 Å². The Kier molecular flexibility index (Phi) is 5.17. The Bertz CT molecular complexity index is 635. The van der Waals surface area contributed by atoms with E-state index in [0.29, 0.717) is 6.54 Å². The molecular formula is C17H22N2O2. The highest BCUT2D eigenvalue weighted by Gasteiger charge is 2.08. The third-order valence-electron chi connectivity index (χ3n) is 3.39. The molecule has 2 aromatic rings. The summed E-state index contributed by atoms with van der Waals surface area (Å²) in [4.78, 5) is 13.8. The van der Waals surface area contributed by atoms with Crippen molar-refractivity contribution >= 4 is 0 Å². The summed E-state index contributed by atoms with van der Waals surface area (Å²) in [5.74, 6) is -0.182. The maximum absolute atomic E-state index is 11.7. The molecule has 0 radical (unpaired) electrons. The summed E-state index contributed by atoms with van der Waals surface area (Å²) in [6, 6.07) is 11.8. The maximum Gasteiger partial charge on any atom is 0.223 e. The zero-order valence-electron chi connectivity index (χ0n) is 12.6. The van der Waals surface area contributed by atoms with E-state index in [1.807, 2.05) is 29.8 Å². The lowest BCUT2D eigenvalue weighted by atomic mass is 10.2. The van der Waals surface area contributed by atoms with E-state index in [0.717, 1.165) is 25.2 Å². The topological polar surface area (TPSA) is 45.5 Å². The minimum absolute atomic E-state index is 0.182. The first kappa shape index (κ1) is 15.3. The average molecular weight is 286 g/mol. The normalized spacial score (nSPS) is 11.0. The standard InChI is InChI=1S/C17H22N2O2/c1-3-9-19-13-17(21)16(20)10-15(19)12-18(2)11-14-7-5-4-6-8-14/h4-8,10,13,21H,3,9,11-12H2,1-2H3. The van der Waals surface area contributed by atoms with Gasteiger partial charge in [-0.15, -0.1) is 0 Å². The van der Waals surface area contributed by atoms with E-state index >= 15 is 0 Å². The van der Waals surface area contributed by atoms with Crippen molar-refractivity contribution in [1.29, 1.82) is 0 Å². The first-order chi connectivity index (χ1) is 10.1. The van der Waals surface area contributed by atoms with Gasteiger partial charge in [0, 0.05) is 31.4 Å². The van der Waals surface area contributed by atoms with Crippen molar-refractivity contribution in [3.8, 4) is 5.75 Å². The minimum Gasteiger partial charge on any atom is -0.503 e. The predicted octanol–water partition coefficient (Wildman–Crippen LogP) is 2.60. The van der Waals surface area contributed by atoms with Gasteiger partial charge in [0.15, 0.2) is 5.75 Å². The van der Waals surface area contributed by atoms with Crippen LogP contribution in [0, 0.1) is 0 Å². The number of hydrogen-bond acceptors (Lipinski definition) is 3. The van der Waals surface area contributed by atoms with Crippen LogP contribution in [0.1, 0.15) is 24.6 Å². The molecule has 21 heavy (non-hydrogen) atoms. The summed E-state index contributed by atoms with van der Waals surface area (Å²) in [5.41, 5.74) is 1.85. The summed E-state index contributed by atoms with van der Waals surface area (Å²) in [7, 11) is 2.03. The Balaban J connectivity index is 2.14. The molecule has 0 unspecified atom stereocenters. The van der Waals surface area contributed by atoms with E-state index < -0.39 is 0 Å². The van der Waals surface area contributed by atoms with Crippen LogP contribution in [0.5, 0.6) is 5.75 Å². The fourth-order valence-electron chi connectivity index (χ4n) is 2.42. The molecule has 2 rings (SSSR count). The first-order valence-corrected chi connectivity index (χ1v) is 7.25. The van der Waals surface area contributed by atoms with Crippen molar-refractivity contribution < 1.29 is 5.11 Å². The van der Waals surface area contributed by atoms with Gasteiger partial charge in [0.2, 0.25) is 5.43 Å². The van der Waals surface area contributed by atoms with E-state index in [4.69, 9.17) is 0 Å². The lowest BCUT2D eigenvalue weighted by Gasteiger charge is -2.20. The molecule has 0 aliphatic rings. The molecule has 112 valence electrons. The minimum atomic E-state index is -0.314. The lowest BCUT2D eigenvalue weighted by molar-refractivity contribution is 0.307. The monoisotopic (exact) mass is 286 g/mol. The first-order valence-electron chi connectivity index (χ1n) is 7.25. The van der Waals surface area contributed by atoms with Gasteiger partial charge in [-0.3, -0.25) is 9.69 Å². The molecule has 1 N–H and O–H groups in total. The van der Waals surface area contributed by atoms with Crippen molar-refractivity contribution in [2.75, 3.05) is 7.05 Å². The molecule has 0 saturated carbocycles. The summed E-state index contributed by atoms with van der Waals surface area (Å²) < 4.78 is 1.96. The Labute approximate surface area is 125 Å². The molecule has 0 spiro atoms. The molecule has 1 heterocycles. The van der Waals surface area contributed by atoms with Crippen LogP contribution in [0.4, 0.5) is 0 Å². The van der Waals surface area contributed by atoms with E-state index in [2.05, 4.69) is 24.0 Å². The molecule has 4 nitrogen and oxygen atoms in total. The Morgan fingerprint density at radius 1 is 1.19 bits per heavy atom. The van der Waals surface area contributed by atoms with Gasteiger partial charge in [0.05, 0.1) is 6.20 Å². The molecule has 0 atom stereocenters. The highest BCUT2D eigenvalue weighted by molar-refractivity contribution is 5.21. The summed E-state index contributed by atoms with van der Waals surface area (Å²) in [6.45, 7) is 4.36. The predicted molar refractivity (Wildman–Crippen MR) is 84.3 cm³/mol. The van der Waals surface area contributed by atoms with Crippen LogP contribution in [-0.2, 0) is 19.6 Å². The second kappa shape index (κ2) is 7.09. The third-order valence-corrected chi connectivity index (χ3v) is 3.39. The van der Waals surface area contributed by atoms with Crippen LogP contribution in [0.3, 0.4) is 0 Å². The fourth-order valence-corrected chi connectivity index (χ4v) is 2.42. The second-order valence-electron chi connectivity index (χ2n) is 5.37. The van der Waals surface area contributed by atoms with Crippen molar-refractivity contribution in [2.45, 2.75) is 33.0 Å². The average Bonchev–Trinajstić information content (AvgIpc) is 2.45. The summed E-state index contributed by atoms with van der Waals surface area (Å²) in [5, 5.41) is 9.57. The summed E-state index contributed by atoms with van der Waals surface area (Å²) >= 11 is 0. The third kappa shape index (κ3) is 4.20. The molecule has 1 aromatic carbocycles. The van der Waals surface area contributed by atoms with Crippen LogP contribution < -0.4 is 5.43 Å². The second-order valence-corrected chi connectivity index (χ2v) is 5.37. The maximum atomic E-state index is 11.7. The molecular weight excluding hydrogens is 264 g/mol. The molecule has 0 saturated heterocycles. The molecule has 1 aromatic heterocycles. The summed E-state index contributed by atoms with van der Waals surface area (Å²) in [6.07, 6.45) is 2.50. The van der Waals surface area contributed by atoms with Gasteiger partial charge in [0.1, 0.15) is 0 Å². The Morgan fingerprint density at radius 3 is 2.57 bits per heavy atom. The number of aryl methyl sites for hydroxylation is 1. The van der Waals surface area contributed by atoms with Gasteiger partial charge in [-0.05, 0) is 19.0 Å². The highest BCUT2D eigenvalue weighted by Crippen LogP contribution is 2.10. The van der Waals surface area contributed by atoms with E-state index in [9.17, 15) is 9.90 Å². The van der Waals surface area contributed by atoms with Gasteiger partial charge in [-0.1, -0.05) is 37.3 Å². The van der Waals surface area contributed by atoms with Gasteiger partial charge < -0.3 is 9.67 Å². The van der Waals surface area contributed by atoms with Crippen LogP contribution in [0.25, 0.3) is 0 Å². The zero-order chi connectivity index (χ0) is 15.2. The molecule has 0 aliphatic carbocycles. The largest absolute Gasteiger partial charge is 0.503 e. The number of pyridine rings is 1. The lowest BCUT2D eigenvalue weighted by Crippen LogP contribution is -2.22. The molecule has 4 heteroatoms. The number of aromatic nitrogens is 1. The van der Waals surface area contributed by atoms with Crippen molar-refractivity contribution in [2.24, 2.45) is 0 Å². The van der Waals surface area contributed by atoms with Gasteiger partial charge >= 0.3 is 0 Å². The van der Waals surface area contributed by atoms with Gasteiger partial charge in [0.25, 0.3) is 0 Å². The smallest absolute Gasteiger partial charge is 0.223 e. The van der Waals surface area contributed by atoms with Crippen LogP contribution in [0.15, 0.2) is 47.4 Å². The molecule has 0 aliphatic heterocycles. The Hall–Kier alpha value is -2.07. The van der Waals surface area contributed by atoms with Gasteiger partial charge in [-0.25, -0.2) is 0 Å². The number of nitrogens with zero attached hydrogens (tertiary/aromatic N) is 2. The number of aromatic hydroxyl groups is 1. The molecule has 0 bridgehead atoms. The fraction of sp³-hybridized carbons (Fsp3) is 0.353. The van der Waals surface area contributed by atoms with E-state index in [-0.39, 0.29) is 11.2 Å². The zero-order valence-corrected chi connectivity index (χ0v) is 12.6. The molecule has 0 amide bonds. The SMILES string of the molecule is CCCn1cc(O)c(=O)cc1CN(C)Cc1ccccc1. The molecule has 0 fully saturated rings. The van der Waals surface area contributed by atoms with E-state index in [1.54, 1.807) is 0 Å². The van der Waals surface area contributed by atoms with Gasteiger partial charge in [-0.2, -0.15) is 0 Å². The van der Waals surface area contributed by atoms with Crippen LogP contribution >= 0.6 is 0 Å². The van der Waals surface area contributed by atoms with Crippen molar-refractivity contribution in [3.63, 3.8) is 0 Å². The van der Waals surface area contributed by atoms with Crippen LogP contribution in [-0.4, -0.2) is 21.6 Å². The van der Waals surface area contributed by atoms with Crippen molar-refractivity contribution in [1.82, 2.24) is 9.47 Å². The Morgan fingerprint density at radius 2 is 1.90 bits per heavy atom. The number of hydrogen-bond donors (Lipinski definition) is 1. The number of rotatable bonds is 6. The number of benzene rings is 1. The highest BCUT2D eigenvalue weighted by atomic mass is 16.3. The quantitative estimate of drug-likeness (QED) is 0.888.